The molecule has 1 aliphatic heterocycles. The summed E-state index contributed by atoms with van der Waals surface area (Å²) in [6.45, 7) is 2.24. The van der Waals surface area contributed by atoms with Crippen LogP contribution >= 0.6 is 0 Å². The molecule has 0 saturated carbocycles. The van der Waals surface area contributed by atoms with Gasteiger partial charge in [0.05, 0.1) is 0 Å². The van der Waals surface area contributed by atoms with Crippen molar-refractivity contribution in [3.05, 3.63) is 60.3 Å². The molecule has 27 heavy (non-hydrogen) atoms. The third-order valence-corrected chi connectivity index (χ3v) is 4.36. The van der Waals surface area contributed by atoms with E-state index in [0.717, 1.165) is 38.5 Å². The van der Waals surface area contributed by atoms with Gasteiger partial charge in [-0.1, -0.05) is 68.4 Å². The second-order valence-corrected chi connectivity index (χ2v) is 6.82. The van der Waals surface area contributed by atoms with Crippen LogP contribution in [0.25, 0.3) is 0 Å². The normalized spacial score (nSPS) is 15.1. The molecule has 1 aliphatic rings. The first kappa shape index (κ1) is 22.9. The van der Waals surface area contributed by atoms with E-state index >= 15 is 0 Å². The Balaban J connectivity index is 1.93. The predicted molar refractivity (Wildman–Crippen MR) is 114 cm³/mol. The summed E-state index contributed by atoms with van der Waals surface area (Å²) in [5, 5.41) is 2.28. The second-order valence-electron chi connectivity index (χ2n) is 6.82. The van der Waals surface area contributed by atoms with Gasteiger partial charge in [-0.15, -0.1) is 0 Å². The topological polar surface area (TPSA) is 46.2 Å². The molecule has 0 spiro atoms. The van der Waals surface area contributed by atoms with E-state index in [4.69, 9.17) is 0 Å². The number of rotatable bonds is 15. The molecule has 0 unspecified atom stereocenters. The summed E-state index contributed by atoms with van der Waals surface area (Å²) >= 11 is 0. The molecule has 0 fully saturated rings. The van der Waals surface area contributed by atoms with Crippen molar-refractivity contribution in [2.45, 2.75) is 77.6 Å². The highest BCUT2D eigenvalue weighted by atomic mass is 16.2. The van der Waals surface area contributed by atoms with Crippen molar-refractivity contribution in [3.8, 4) is 0 Å². The van der Waals surface area contributed by atoms with Gasteiger partial charge < -0.3 is 0 Å². The van der Waals surface area contributed by atoms with E-state index in [1.165, 1.54) is 31.8 Å². The van der Waals surface area contributed by atoms with Gasteiger partial charge in [0.25, 0.3) is 11.8 Å². The SMILES string of the molecule is CCCCC/C=C\C/C=C\C/C=C\C/C=C\CCCCC1=CC(=O)NC1=O. The van der Waals surface area contributed by atoms with Gasteiger partial charge in [0.15, 0.2) is 0 Å². The van der Waals surface area contributed by atoms with Crippen molar-refractivity contribution in [3.63, 3.8) is 0 Å². The number of unbranched alkanes of at least 4 members (excludes halogenated alkanes) is 5. The molecule has 0 aromatic carbocycles. The molecule has 1 rings (SSSR count). The van der Waals surface area contributed by atoms with Gasteiger partial charge >= 0.3 is 0 Å². The van der Waals surface area contributed by atoms with Crippen LogP contribution in [0.3, 0.4) is 0 Å². The molecule has 0 atom stereocenters. The molecule has 0 bridgehead atoms. The lowest BCUT2D eigenvalue weighted by atomic mass is 10.1. The number of imide groups is 1. The Bertz CT molecular complexity index is 579. The fraction of sp³-hybridized carbons (Fsp3) is 0.500. The second kappa shape index (κ2) is 16.0. The summed E-state index contributed by atoms with van der Waals surface area (Å²) < 4.78 is 0. The zero-order valence-corrected chi connectivity index (χ0v) is 16.8. The first-order valence-electron chi connectivity index (χ1n) is 10.4. The van der Waals surface area contributed by atoms with Crippen LogP contribution in [0, 0.1) is 0 Å². The smallest absolute Gasteiger partial charge is 0.254 e. The molecule has 3 nitrogen and oxygen atoms in total. The minimum atomic E-state index is -0.282. The molecule has 0 radical (unpaired) electrons. The summed E-state index contributed by atoms with van der Waals surface area (Å²) in [5.41, 5.74) is 0.618. The number of hydrogen-bond donors (Lipinski definition) is 1. The number of hydrogen-bond acceptors (Lipinski definition) is 2. The van der Waals surface area contributed by atoms with Gasteiger partial charge in [-0.05, 0) is 57.8 Å². The maximum absolute atomic E-state index is 11.4. The van der Waals surface area contributed by atoms with Crippen LogP contribution in [0.1, 0.15) is 77.6 Å². The lowest BCUT2D eigenvalue weighted by molar-refractivity contribution is -0.123. The summed E-state index contributed by atoms with van der Waals surface area (Å²) in [4.78, 5) is 22.4. The first-order valence-corrected chi connectivity index (χ1v) is 10.4. The Labute approximate surface area is 165 Å². The molecule has 148 valence electrons. The minimum Gasteiger partial charge on any atom is -0.289 e. The molecule has 0 aromatic heterocycles. The third-order valence-electron chi connectivity index (χ3n) is 4.36. The summed E-state index contributed by atoms with van der Waals surface area (Å²) in [5.74, 6) is -0.506. The zero-order chi connectivity index (χ0) is 19.6. The van der Waals surface area contributed by atoms with Gasteiger partial charge in [-0.3, -0.25) is 14.9 Å². The molecular formula is C24H35NO2. The average molecular weight is 370 g/mol. The summed E-state index contributed by atoms with van der Waals surface area (Å²) in [6, 6.07) is 0. The van der Waals surface area contributed by atoms with E-state index in [-0.39, 0.29) is 11.8 Å². The Morgan fingerprint density at radius 1 is 0.741 bits per heavy atom. The van der Waals surface area contributed by atoms with Gasteiger partial charge in [-0.25, -0.2) is 0 Å². The molecular weight excluding hydrogens is 334 g/mol. The van der Waals surface area contributed by atoms with E-state index in [1.54, 1.807) is 0 Å². The Morgan fingerprint density at radius 3 is 1.74 bits per heavy atom. The molecule has 1 heterocycles. The maximum Gasteiger partial charge on any atom is 0.254 e. The number of amides is 2. The van der Waals surface area contributed by atoms with Crippen molar-refractivity contribution in [1.82, 2.24) is 5.32 Å². The molecule has 0 saturated heterocycles. The Kier molecular flexibility index (Phi) is 13.6. The van der Waals surface area contributed by atoms with E-state index in [1.807, 2.05) is 0 Å². The zero-order valence-electron chi connectivity index (χ0n) is 16.8. The third kappa shape index (κ3) is 12.8. The molecule has 0 aliphatic carbocycles. The van der Waals surface area contributed by atoms with Crippen molar-refractivity contribution in [2.24, 2.45) is 0 Å². The number of carbonyl (C=O) groups excluding carboxylic acids is 2. The summed E-state index contributed by atoms with van der Waals surface area (Å²) in [6.07, 6.45) is 31.0. The maximum atomic E-state index is 11.4. The van der Waals surface area contributed by atoms with Crippen molar-refractivity contribution >= 4 is 11.8 Å². The van der Waals surface area contributed by atoms with Crippen LogP contribution < -0.4 is 5.32 Å². The van der Waals surface area contributed by atoms with Crippen molar-refractivity contribution in [2.75, 3.05) is 0 Å². The molecule has 2 amide bonds. The Hall–Kier alpha value is -2.16. The largest absolute Gasteiger partial charge is 0.289 e. The highest BCUT2D eigenvalue weighted by Crippen LogP contribution is 2.13. The Morgan fingerprint density at radius 2 is 1.26 bits per heavy atom. The fourth-order valence-corrected chi connectivity index (χ4v) is 2.78. The number of allylic oxidation sites excluding steroid dienone is 8. The number of nitrogens with one attached hydrogen (secondary N) is 1. The lowest BCUT2D eigenvalue weighted by Gasteiger charge is -1.98. The minimum absolute atomic E-state index is 0.224. The number of carbonyl (C=O) groups is 2. The molecule has 3 heteroatoms. The van der Waals surface area contributed by atoms with Crippen LogP contribution in [0.15, 0.2) is 60.3 Å². The van der Waals surface area contributed by atoms with Gasteiger partial charge in [-0.2, -0.15) is 0 Å². The van der Waals surface area contributed by atoms with Crippen LogP contribution in [0.5, 0.6) is 0 Å². The van der Waals surface area contributed by atoms with Crippen LogP contribution in [0.4, 0.5) is 0 Å². The van der Waals surface area contributed by atoms with Crippen LogP contribution in [0.2, 0.25) is 0 Å². The molecule has 0 aromatic rings. The fourth-order valence-electron chi connectivity index (χ4n) is 2.78. The van der Waals surface area contributed by atoms with Gasteiger partial charge in [0.2, 0.25) is 0 Å². The van der Waals surface area contributed by atoms with E-state index in [9.17, 15) is 9.59 Å². The predicted octanol–water partition coefficient (Wildman–Crippen LogP) is 6.11. The van der Waals surface area contributed by atoms with Gasteiger partial charge in [0, 0.05) is 11.6 Å². The van der Waals surface area contributed by atoms with Crippen molar-refractivity contribution in [1.29, 1.82) is 0 Å². The van der Waals surface area contributed by atoms with Crippen LogP contribution in [-0.2, 0) is 9.59 Å². The highest BCUT2D eigenvalue weighted by molar-refractivity contribution is 6.16. The van der Waals surface area contributed by atoms with E-state index < -0.39 is 0 Å². The van der Waals surface area contributed by atoms with Crippen molar-refractivity contribution < 1.29 is 9.59 Å². The highest BCUT2D eigenvalue weighted by Gasteiger charge is 2.19. The average Bonchev–Trinajstić information content (AvgIpc) is 2.98. The van der Waals surface area contributed by atoms with E-state index in [0.29, 0.717) is 12.0 Å². The first-order chi connectivity index (χ1) is 13.2. The van der Waals surface area contributed by atoms with Gasteiger partial charge in [0.1, 0.15) is 0 Å². The lowest BCUT2D eigenvalue weighted by Crippen LogP contribution is -2.22. The molecule has 1 N–H and O–H groups in total. The summed E-state index contributed by atoms with van der Waals surface area (Å²) in [7, 11) is 0. The standard InChI is InChI=1S/C24H35NO2/c1-2-3-4-5-6-7-8-9-10-11-12-13-14-15-16-17-18-19-20-22-21-23(26)25-24(22)27/h6-7,9-10,12-13,15-16,21H,2-5,8,11,14,17-20H2,1H3,(H,25,26,27)/b7-6-,10-9-,13-12-,16-15-. The van der Waals surface area contributed by atoms with Crippen LogP contribution in [-0.4, -0.2) is 11.8 Å². The van der Waals surface area contributed by atoms with E-state index in [2.05, 4.69) is 60.8 Å². The monoisotopic (exact) mass is 369 g/mol. The quantitative estimate of drug-likeness (QED) is 0.215.